The molecule has 1 aromatic rings. The zero-order valence-corrected chi connectivity index (χ0v) is 7.73. The molecular weight excluding hydrogens is 184 g/mol. The molecule has 5 nitrogen and oxygen atoms in total. The van der Waals surface area contributed by atoms with Gasteiger partial charge in [-0.15, -0.1) is 0 Å². The highest BCUT2D eigenvalue weighted by molar-refractivity contribution is 5.20. The van der Waals surface area contributed by atoms with E-state index in [2.05, 4.69) is 5.32 Å². The predicted octanol–water partition coefficient (Wildman–Crippen LogP) is 2.00. The van der Waals surface area contributed by atoms with Crippen LogP contribution in [0.15, 0.2) is 16.5 Å². The van der Waals surface area contributed by atoms with Crippen molar-refractivity contribution in [3.63, 3.8) is 0 Å². The smallest absolute Gasteiger partial charge is 0.404 e. The van der Waals surface area contributed by atoms with E-state index in [-0.39, 0.29) is 11.9 Å². The summed E-state index contributed by atoms with van der Waals surface area (Å²) < 4.78 is 5.12. The van der Waals surface area contributed by atoms with E-state index in [0.717, 1.165) is 19.4 Å². The summed E-state index contributed by atoms with van der Waals surface area (Å²) in [5.41, 5.74) is 0. The summed E-state index contributed by atoms with van der Waals surface area (Å²) in [6.07, 6.45) is 3.30. The minimum absolute atomic E-state index is 0.150. The molecule has 1 aliphatic heterocycles. The Morgan fingerprint density at radius 3 is 2.93 bits per heavy atom. The second-order valence-electron chi connectivity index (χ2n) is 3.44. The fraction of sp³-hybridized carbons (Fsp3) is 0.556. The molecule has 14 heavy (non-hydrogen) atoms. The monoisotopic (exact) mass is 196 g/mol. The van der Waals surface area contributed by atoms with Crippen LogP contribution in [-0.4, -0.2) is 11.5 Å². The van der Waals surface area contributed by atoms with Crippen molar-refractivity contribution in [3.05, 3.63) is 28.0 Å². The van der Waals surface area contributed by atoms with Gasteiger partial charge in [0.25, 0.3) is 0 Å². The molecule has 1 saturated heterocycles. The predicted molar refractivity (Wildman–Crippen MR) is 50.0 cm³/mol. The molecule has 0 spiro atoms. The number of hydrogen-bond acceptors (Lipinski definition) is 4. The van der Waals surface area contributed by atoms with Crippen LogP contribution >= 0.6 is 0 Å². The first-order valence-electron chi connectivity index (χ1n) is 4.75. The van der Waals surface area contributed by atoms with Crippen molar-refractivity contribution in [2.24, 2.45) is 0 Å². The van der Waals surface area contributed by atoms with Gasteiger partial charge in [-0.1, -0.05) is 6.42 Å². The molecule has 5 heteroatoms. The van der Waals surface area contributed by atoms with Crippen molar-refractivity contribution >= 4 is 5.88 Å². The van der Waals surface area contributed by atoms with Gasteiger partial charge in [0.1, 0.15) is 10.7 Å². The number of piperidine rings is 1. The van der Waals surface area contributed by atoms with E-state index in [4.69, 9.17) is 4.42 Å². The van der Waals surface area contributed by atoms with E-state index in [1.165, 1.54) is 12.5 Å². The molecule has 1 fully saturated rings. The minimum atomic E-state index is -0.508. The van der Waals surface area contributed by atoms with Gasteiger partial charge in [0.05, 0.1) is 12.1 Å². The Morgan fingerprint density at radius 2 is 2.36 bits per heavy atom. The topological polar surface area (TPSA) is 68.3 Å². The number of nitro groups is 1. The molecule has 1 aliphatic rings. The van der Waals surface area contributed by atoms with E-state index >= 15 is 0 Å². The van der Waals surface area contributed by atoms with Crippen molar-refractivity contribution in [1.29, 1.82) is 0 Å². The molecule has 0 amide bonds. The van der Waals surface area contributed by atoms with Crippen molar-refractivity contribution < 1.29 is 9.34 Å². The van der Waals surface area contributed by atoms with Gasteiger partial charge >= 0.3 is 5.88 Å². The van der Waals surface area contributed by atoms with E-state index in [0.29, 0.717) is 5.76 Å². The minimum Gasteiger partial charge on any atom is -0.404 e. The molecule has 76 valence electrons. The first-order valence-corrected chi connectivity index (χ1v) is 4.75. The SMILES string of the molecule is O=[N+]([O-])c1ccc([C@@H]2CCCCN2)o1. The van der Waals surface area contributed by atoms with Crippen LogP contribution in [0.1, 0.15) is 31.1 Å². The second-order valence-corrected chi connectivity index (χ2v) is 3.44. The van der Waals surface area contributed by atoms with Crippen LogP contribution in [-0.2, 0) is 0 Å². The Morgan fingerprint density at radius 1 is 1.50 bits per heavy atom. The van der Waals surface area contributed by atoms with Gasteiger partial charge in [-0.2, -0.15) is 0 Å². The van der Waals surface area contributed by atoms with Gasteiger partial charge in [-0.3, -0.25) is 10.1 Å². The average molecular weight is 196 g/mol. The normalized spacial score (nSPS) is 22.1. The molecule has 1 atom stereocenters. The van der Waals surface area contributed by atoms with E-state index in [1.54, 1.807) is 6.07 Å². The van der Waals surface area contributed by atoms with E-state index in [9.17, 15) is 10.1 Å². The van der Waals surface area contributed by atoms with Crippen LogP contribution in [0.4, 0.5) is 5.88 Å². The molecule has 0 aromatic carbocycles. The number of hydrogen-bond donors (Lipinski definition) is 1. The maximum absolute atomic E-state index is 10.4. The molecule has 2 rings (SSSR count). The van der Waals surface area contributed by atoms with Crippen molar-refractivity contribution in [1.82, 2.24) is 5.32 Å². The quantitative estimate of drug-likeness (QED) is 0.580. The Bertz CT molecular complexity index is 329. The van der Waals surface area contributed by atoms with Crippen LogP contribution in [0.5, 0.6) is 0 Å². The fourth-order valence-electron chi connectivity index (χ4n) is 1.72. The average Bonchev–Trinajstić information content (AvgIpc) is 2.68. The number of rotatable bonds is 2. The summed E-state index contributed by atoms with van der Waals surface area (Å²) >= 11 is 0. The summed E-state index contributed by atoms with van der Waals surface area (Å²) in [6.45, 7) is 0.958. The maximum Gasteiger partial charge on any atom is 0.433 e. The Hall–Kier alpha value is -1.36. The lowest BCUT2D eigenvalue weighted by Crippen LogP contribution is -2.26. The van der Waals surface area contributed by atoms with Crippen LogP contribution < -0.4 is 5.32 Å². The van der Waals surface area contributed by atoms with Gasteiger partial charge in [0.15, 0.2) is 0 Å². The van der Waals surface area contributed by atoms with Gasteiger partial charge < -0.3 is 9.73 Å². The summed E-state index contributed by atoms with van der Waals surface area (Å²) in [6, 6.07) is 3.24. The molecular formula is C9H12N2O3. The van der Waals surface area contributed by atoms with Gasteiger partial charge in [-0.25, -0.2) is 0 Å². The zero-order chi connectivity index (χ0) is 9.97. The third-order valence-electron chi connectivity index (χ3n) is 2.45. The second kappa shape index (κ2) is 3.79. The first kappa shape index (κ1) is 9.21. The van der Waals surface area contributed by atoms with Gasteiger partial charge in [-0.05, 0) is 25.5 Å². The highest BCUT2D eigenvalue weighted by Crippen LogP contribution is 2.26. The maximum atomic E-state index is 10.4. The Labute approximate surface area is 81.2 Å². The van der Waals surface area contributed by atoms with Gasteiger partial charge in [0, 0.05) is 0 Å². The largest absolute Gasteiger partial charge is 0.433 e. The van der Waals surface area contributed by atoms with Crippen LogP contribution in [0.25, 0.3) is 0 Å². The summed E-state index contributed by atoms with van der Waals surface area (Å²) in [7, 11) is 0. The lowest BCUT2D eigenvalue weighted by atomic mass is 10.0. The van der Waals surface area contributed by atoms with Crippen molar-refractivity contribution in [3.8, 4) is 0 Å². The van der Waals surface area contributed by atoms with Crippen LogP contribution in [0.3, 0.4) is 0 Å². The lowest BCUT2D eigenvalue weighted by molar-refractivity contribution is -0.402. The highest BCUT2D eigenvalue weighted by atomic mass is 16.6. The molecule has 0 radical (unpaired) electrons. The van der Waals surface area contributed by atoms with Gasteiger partial charge in [0.2, 0.25) is 0 Å². The third-order valence-corrected chi connectivity index (χ3v) is 2.45. The summed E-state index contributed by atoms with van der Waals surface area (Å²) in [4.78, 5) is 9.88. The Balaban J connectivity index is 2.11. The molecule has 0 aliphatic carbocycles. The first-order chi connectivity index (χ1) is 6.77. The molecule has 0 bridgehead atoms. The van der Waals surface area contributed by atoms with Crippen molar-refractivity contribution in [2.75, 3.05) is 6.54 Å². The lowest BCUT2D eigenvalue weighted by Gasteiger charge is -2.20. The molecule has 1 N–H and O–H groups in total. The summed E-state index contributed by atoms with van der Waals surface area (Å²) in [5.74, 6) is 0.503. The highest BCUT2D eigenvalue weighted by Gasteiger charge is 2.20. The number of furan rings is 1. The third kappa shape index (κ3) is 1.77. The molecule has 0 unspecified atom stereocenters. The van der Waals surface area contributed by atoms with Crippen molar-refractivity contribution in [2.45, 2.75) is 25.3 Å². The number of nitrogens with zero attached hydrogens (tertiary/aromatic N) is 1. The van der Waals surface area contributed by atoms with Crippen LogP contribution in [0.2, 0.25) is 0 Å². The molecule has 0 saturated carbocycles. The number of nitrogens with one attached hydrogen (secondary N) is 1. The zero-order valence-electron chi connectivity index (χ0n) is 7.73. The van der Waals surface area contributed by atoms with E-state index in [1.807, 2.05) is 0 Å². The molecule has 1 aromatic heterocycles. The summed E-state index contributed by atoms with van der Waals surface area (Å²) in [5, 5.41) is 13.7. The standard InChI is InChI=1S/C9H12N2O3/c12-11(13)9-5-4-8(14-9)7-3-1-2-6-10-7/h4-5,7,10H,1-3,6H2/t7-/m0/s1. The van der Waals surface area contributed by atoms with E-state index < -0.39 is 4.92 Å². The Kier molecular flexibility index (Phi) is 2.49. The molecule has 2 heterocycles. The fourth-order valence-corrected chi connectivity index (χ4v) is 1.72. The van der Waals surface area contributed by atoms with Crippen LogP contribution in [0, 0.1) is 10.1 Å².